The van der Waals surface area contributed by atoms with Crippen LogP contribution in [0.4, 0.5) is 4.39 Å². The van der Waals surface area contributed by atoms with Crippen LogP contribution >= 0.6 is 0 Å². The summed E-state index contributed by atoms with van der Waals surface area (Å²) < 4.78 is 12.8. The Morgan fingerprint density at radius 3 is 2.40 bits per heavy atom. The van der Waals surface area contributed by atoms with Crippen LogP contribution in [0.5, 0.6) is 0 Å². The third kappa shape index (κ3) is 4.14. The van der Waals surface area contributed by atoms with Gasteiger partial charge in [-0.1, -0.05) is 6.92 Å². The summed E-state index contributed by atoms with van der Waals surface area (Å²) in [5, 5.41) is 0. The number of halogens is 1. The molecule has 1 aromatic carbocycles. The van der Waals surface area contributed by atoms with Gasteiger partial charge in [0.2, 0.25) is 0 Å². The van der Waals surface area contributed by atoms with Gasteiger partial charge in [0, 0.05) is 24.6 Å². The minimum atomic E-state index is -0.296. The van der Waals surface area contributed by atoms with Gasteiger partial charge in [0.05, 0.1) is 0 Å². The van der Waals surface area contributed by atoms with Gasteiger partial charge in [-0.3, -0.25) is 4.79 Å². The monoisotopic (exact) mass is 277 g/mol. The summed E-state index contributed by atoms with van der Waals surface area (Å²) in [6.07, 6.45) is 5.57. The molecule has 0 saturated heterocycles. The van der Waals surface area contributed by atoms with E-state index in [4.69, 9.17) is 0 Å². The Morgan fingerprint density at radius 1 is 1.20 bits per heavy atom. The number of Topliss-reactive ketones (excluding diaryl/α,β-unsaturated/α-hetero) is 1. The Bertz CT molecular complexity index is 435. The maximum absolute atomic E-state index is 12.8. The average Bonchev–Trinajstić information content (AvgIpc) is 2.46. The van der Waals surface area contributed by atoms with Crippen molar-refractivity contribution in [1.82, 2.24) is 4.90 Å². The summed E-state index contributed by atoms with van der Waals surface area (Å²) in [5.74, 6) is 0.650. The molecule has 2 nitrogen and oxygen atoms in total. The molecule has 110 valence electrons. The van der Waals surface area contributed by atoms with Crippen LogP contribution in [-0.4, -0.2) is 30.3 Å². The van der Waals surface area contributed by atoms with Crippen LogP contribution in [0.2, 0.25) is 0 Å². The van der Waals surface area contributed by atoms with Crippen molar-refractivity contribution in [2.45, 2.75) is 45.1 Å². The number of hydrogen-bond acceptors (Lipinski definition) is 2. The van der Waals surface area contributed by atoms with Gasteiger partial charge in [0.25, 0.3) is 0 Å². The van der Waals surface area contributed by atoms with E-state index >= 15 is 0 Å². The van der Waals surface area contributed by atoms with E-state index < -0.39 is 0 Å². The van der Waals surface area contributed by atoms with Crippen molar-refractivity contribution in [3.63, 3.8) is 0 Å². The SMILES string of the molecule is CC1CCC(N(C)CCC(=O)c2ccc(F)cc2)CC1. The zero-order valence-electron chi connectivity index (χ0n) is 12.4. The van der Waals surface area contributed by atoms with Crippen molar-refractivity contribution in [3.8, 4) is 0 Å². The fourth-order valence-corrected chi connectivity index (χ4v) is 2.92. The van der Waals surface area contributed by atoms with E-state index in [-0.39, 0.29) is 11.6 Å². The van der Waals surface area contributed by atoms with Crippen molar-refractivity contribution >= 4 is 5.78 Å². The summed E-state index contributed by atoms with van der Waals surface area (Å²) in [7, 11) is 2.11. The molecule has 0 aromatic heterocycles. The molecule has 1 aliphatic rings. The highest BCUT2D eigenvalue weighted by atomic mass is 19.1. The first-order valence-electron chi connectivity index (χ1n) is 7.55. The van der Waals surface area contributed by atoms with Crippen molar-refractivity contribution in [3.05, 3.63) is 35.6 Å². The molecule has 0 radical (unpaired) electrons. The molecule has 1 saturated carbocycles. The van der Waals surface area contributed by atoms with Crippen LogP contribution in [0.25, 0.3) is 0 Å². The molecule has 1 aromatic rings. The van der Waals surface area contributed by atoms with Gasteiger partial charge in [-0.25, -0.2) is 4.39 Å². The van der Waals surface area contributed by atoms with Crippen LogP contribution in [0.1, 0.15) is 49.4 Å². The van der Waals surface area contributed by atoms with Crippen LogP contribution in [0.15, 0.2) is 24.3 Å². The summed E-state index contributed by atoms with van der Waals surface area (Å²) in [6.45, 7) is 3.10. The first-order valence-corrected chi connectivity index (χ1v) is 7.55. The van der Waals surface area contributed by atoms with Crippen LogP contribution in [0.3, 0.4) is 0 Å². The lowest BCUT2D eigenvalue weighted by atomic mass is 9.86. The van der Waals surface area contributed by atoms with Gasteiger partial charge in [-0.05, 0) is 62.9 Å². The van der Waals surface area contributed by atoms with Gasteiger partial charge in [-0.2, -0.15) is 0 Å². The zero-order chi connectivity index (χ0) is 14.5. The van der Waals surface area contributed by atoms with Crippen LogP contribution < -0.4 is 0 Å². The van der Waals surface area contributed by atoms with Gasteiger partial charge in [0.1, 0.15) is 5.82 Å². The van der Waals surface area contributed by atoms with E-state index in [9.17, 15) is 9.18 Å². The number of benzene rings is 1. The Kier molecular flexibility index (Phi) is 5.30. The molecule has 3 heteroatoms. The van der Waals surface area contributed by atoms with Crippen molar-refractivity contribution in [2.75, 3.05) is 13.6 Å². The highest BCUT2D eigenvalue weighted by Gasteiger charge is 2.21. The second-order valence-electron chi connectivity index (χ2n) is 6.07. The van der Waals surface area contributed by atoms with E-state index in [1.165, 1.54) is 37.8 Å². The fraction of sp³-hybridized carbons (Fsp3) is 0.588. The van der Waals surface area contributed by atoms with Crippen molar-refractivity contribution in [1.29, 1.82) is 0 Å². The Balaban J connectivity index is 1.79. The number of carbonyl (C=O) groups excluding carboxylic acids is 1. The van der Waals surface area contributed by atoms with Crippen LogP contribution in [-0.2, 0) is 0 Å². The summed E-state index contributed by atoms with van der Waals surface area (Å²) in [4.78, 5) is 14.4. The maximum atomic E-state index is 12.8. The van der Waals surface area contributed by atoms with Gasteiger partial charge < -0.3 is 4.90 Å². The molecule has 2 rings (SSSR count). The molecule has 0 spiro atoms. The molecular weight excluding hydrogens is 253 g/mol. The molecule has 1 fully saturated rings. The number of hydrogen-bond donors (Lipinski definition) is 0. The molecule has 0 atom stereocenters. The fourth-order valence-electron chi connectivity index (χ4n) is 2.92. The number of ketones is 1. The highest BCUT2D eigenvalue weighted by Crippen LogP contribution is 2.26. The Morgan fingerprint density at radius 2 is 1.80 bits per heavy atom. The summed E-state index contributed by atoms with van der Waals surface area (Å²) in [5.41, 5.74) is 0.608. The third-order valence-corrected chi connectivity index (χ3v) is 4.47. The third-order valence-electron chi connectivity index (χ3n) is 4.47. The van der Waals surface area contributed by atoms with Crippen LogP contribution in [0, 0.1) is 11.7 Å². The molecule has 0 heterocycles. The second kappa shape index (κ2) is 6.98. The Hall–Kier alpha value is -1.22. The van der Waals surface area contributed by atoms with Crippen molar-refractivity contribution in [2.24, 2.45) is 5.92 Å². The largest absolute Gasteiger partial charge is 0.303 e. The molecule has 0 unspecified atom stereocenters. The van der Waals surface area contributed by atoms with Gasteiger partial charge >= 0.3 is 0 Å². The van der Waals surface area contributed by atoms with Crippen molar-refractivity contribution < 1.29 is 9.18 Å². The molecule has 0 amide bonds. The molecule has 20 heavy (non-hydrogen) atoms. The molecular formula is C17H24FNO. The predicted octanol–water partition coefficient (Wildman–Crippen LogP) is 3.91. The first kappa shape index (κ1) is 15.2. The number of rotatable bonds is 5. The lowest BCUT2D eigenvalue weighted by Crippen LogP contribution is -2.36. The highest BCUT2D eigenvalue weighted by molar-refractivity contribution is 5.96. The normalized spacial score (nSPS) is 23.0. The quantitative estimate of drug-likeness (QED) is 0.761. The number of nitrogens with zero attached hydrogens (tertiary/aromatic N) is 1. The topological polar surface area (TPSA) is 20.3 Å². The average molecular weight is 277 g/mol. The second-order valence-corrected chi connectivity index (χ2v) is 6.07. The van der Waals surface area contributed by atoms with E-state index in [1.54, 1.807) is 12.1 Å². The van der Waals surface area contributed by atoms with Gasteiger partial charge in [-0.15, -0.1) is 0 Å². The first-order chi connectivity index (χ1) is 9.56. The lowest BCUT2D eigenvalue weighted by molar-refractivity contribution is 0.0947. The zero-order valence-corrected chi connectivity index (χ0v) is 12.4. The van der Waals surface area contributed by atoms with E-state index in [2.05, 4.69) is 18.9 Å². The smallest absolute Gasteiger partial charge is 0.164 e. The summed E-state index contributed by atoms with van der Waals surface area (Å²) >= 11 is 0. The number of carbonyl (C=O) groups is 1. The predicted molar refractivity (Wildman–Crippen MR) is 79.4 cm³/mol. The standard InChI is InChI=1S/C17H24FNO/c1-13-3-9-16(10-4-13)19(2)12-11-17(20)14-5-7-15(18)8-6-14/h5-8,13,16H,3-4,9-12H2,1-2H3. The van der Waals surface area contributed by atoms with Gasteiger partial charge in [0.15, 0.2) is 5.78 Å². The van der Waals surface area contributed by atoms with E-state index in [0.29, 0.717) is 18.0 Å². The Labute approximate surface area is 121 Å². The molecule has 0 bridgehead atoms. The van der Waals surface area contributed by atoms with E-state index in [0.717, 1.165) is 12.5 Å². The summed E-state index contributed by atoms with van der Waals surface area (Å²) in [6, 6.07) is 6.45. The molecule has 1 aliphatic carbocycles. The molecule has 0 N–H and O–H groups in total. The minimum Gasteiger partial charge on any atom is -0.303 e. The maximum Gasteiger partial charge on any atom is 0.164 e. The molecule has 0 aliphatic heterocycles. The minimum absolute atomic E-state index is 0.0982. The van der Waals surface area contributed by atoms with E-state index in [1.807, 2.05) is 0 Å². The lowest BCUT2D eigenvalue weighted by Gasteiger charge is -2.33.